The molecule has 82 valence electrons. The van der Waals surface area contributed by atoms with Crippen LogP contribution in [0.15, 0.2) is 4.99 Å². The van der Waals surface area contributed by atoms with Gasteiger partial charge in [-0.25, -0.2) is 0 Å². The Morgan fingerprint density at radius 2 is 2.36 bits per heavy atom. The number of amidine groups is 1. The van der Waals surface area contributed by atoms with E-state index in [0.717, 1.165) is 12.5 Å². The average Bonchev–Trinajstić information content (AvgIpc) is 2.18. The standard InChI is InChI=1S/C11H22N2S/c1-4-10-6-8-14-11(13-10)12-7-5-9(2)3/h9-10H,4-8H2,1-3H3,(H,12,13). The molecule has 0 aliphatic carbocycles. The highest BCUT2D eigenvalue weighted by molar-refractivity contribution is 8.13. The third kappa shape index (κ3) is 4.36. The van der Waals surface area contributed by atoms with E-state index in [1.165, 1.54) is 30.2 Å². The van der Waals surface area contributed by atoms with Crippen LogP contribution in [-0.2, 0) is 0 Å². The highest BCUT2D eigenvalue weighted by Gasteiger charge is 2.14. The Morgan fingerprint density at radius 1 is 1.57 bits per heavy atom. The minimum absolute atomic E-state index is 0.661. The van der Waals surface area contributed by atoms with E-state index in [0.29, 0.717) is 6.04 Å². The monoisotopic (exact) mass is 214 g/mol. The first-order valence-electron chi connectivity index (χ1n) is 5.66. The molecule has 0 aromatic carbocycles. The van der Waals surface area contributed by atoms with Gasteiger partial charge in [0.05, 0.1) is 0 Å². The first kappa shape index (κ1) is 11.9. The van der Waals surface area contributed by atoms with Gasteiger partial charge in [0.1, 0.15) is 0 Å². The van der Waals surface area contributed by atoms with Crippen LogP contribution < -0.4 is 5.32 Å². The van der Waals surface area contributed by atoms with E-state index in [1.54, 1.807) is 0 Å². The topological polar surface area (TPSA) is 24.4 Å². The van der Waals surface area contributed by atoms with Gasteiger partial charge in [0.2, 0.25) is 0 Å². The third-order valence-electron chi connectivity index (χ3n) is 2.49. The molecule has 1 N–H and O–H groups in total. The number of rotatable bonds is 4. The normalized spacial score (nSPS) is 25.4. The molecule has 14 heavy (non-hydrogen) atoms. The summed E-state index contributed by atoms with van der Waals surface area (Å²) in [6.45, 7) is 7.70. The summed E-state index contributed by atoms with van der Waals surface area (Å²) in [4.78, 5) is 4.59. The summed E-state index contributed by atoms with van der Waals surface area (Å²) in [6.07, 6.45) is 3.69. The maximum atomic E-state index is 4.59. The van der Waals surface area contributed by atoms with E-state index in [1.807, 2.05) is 11.8 Å². The third-order valence-corrected chi connectivity index (χ3v) is 3.45. The fourth-order valence-electron chi connectivity index (χ4n) is 1.41. The van der Waals surface area contributed by atoms with Crippen molar-refractivity contribution in [1.29, 1.82) is 0 Å². The molecule has 1 heterocycles. The summed E-state index contributed by atoms with van der Waals surface area (Å²) >= 11 is 1.87. The molecule has 3 heteroatoms. The molecular formula is C11H22N2S. The Balaban J connectivity index is 2.28. The summed E-state index contributed by atoms with van der Waals surface area (Å²) in [6, 6.07) is 0.661. The summed E-state index contributed by atoms with van der Waals surface area (Å²) in [7, 11) is 0. The van der Waals surface area contributed by atoms with Crippen LogP contribution in [0.5, 0.6) is 0 Å². The molecule has 1 fully saturated rings. The second-order valence-corrected chi connectivity index (χ2v) is 5.34. The number of nitrogens with one attached hydrogen (secondary N) is 1. The van der Waals surface area contributed by atoms with Gasteiger partial charge in [-0.05, 0) is 25.2 Å². The van der Waals surface area contributed by atoms with E-state index in [-0.39, 0.29) is 0 Å². The quantitative estimate of drug-likeness (QED) is 0.778. The predicted molar refractivity (Wildman–Crippen MR) is 66.0 cm³/mol. The van der Waals surface area contributed by atoms with Crippen molar-refractivity contribution in [2.24, 2.45) is 10.9 Å². The first-order valence-corrected chi connectivity index (χ1v) is 6.64. The lowest BCUT2D eigenvalue weighted by Gasteiger charge is -2.24. The van der Waals surface area contributed by atoms with Crippen LogP contribution in [0.3, 0.4) is 0 Å². The molecule has 1 rings (SSSR count). The van der Waals surface area contributed by atoms with E-state index in [4.69, 9.17) is 0 Å². The fraction of sp³-hybridized carbons (Fsp3) is 0.909. The fourth-order valence-corrected chi connectivity index (χ4v) is 2.44. The first-order chi connectivity index (χ1) is 6.72. The van der Waals surface area contributed by atoms with E-state index in [9.17, 15) is 0 Å². The Morgan fingerprint density at radius 3 is 3.00 bits per heavy atom. The van der Waals surface area contributed by atoms with Gasteiger partial charge in [0.25, 0.3) is 0 Å². The molecule has 0 bridgehead atoms. The maximum Gasteiger partial charge on any atom is 0.156 e. The van der Waals surface area contributed by atoms with Gasteiger partial charge in [0.15, 0.2) is 5.17 Å². The molecule has 1 atom stereocenters. The number of nitrogens with zero attached hydrogens (tertiary/aromatic N) is 1. The zero-order chi connectivity index (χ0) is 10.4. The van der Waals surface area contributed by atoms with Crippen molar-refractivity contribution in [3.63, 3.8) is 0 Å². The molecule has 2 nitrogen and oxygen atoms in total. The Bertz CT molecular complexity index is 190. The summed E-state index contributed by atoms with van der Waals surface area (Å²) in [5.74, 6) is 1.99. The lowest BCUT2D eigenvalue weighted by atomic mass is 10.1. The van der Waals surface area contributed by atoms with Gasteiger partial charge >= 0.3 is 0 Å². The lowest BCUT2D eigenvalue weighted by molar-refractivity contribution is 0.565. The predicted octanol–water partition coefficient (Wildman–Crippen LogP) is 2.89. The molecule has 1 unspecified atom stereocenters. The highest BCUT2D eigenvalue weighted by Crippen LogP contribution is 2.15. The van der Waals surface area contributed by atoms with Crippen LogP contribution in [0.4, 0.5) is 0 Å². The van der Waals surface area contributed by atoms with Gasteiger partial charge in [0, 0.05) is 18.3 Å². The van der Waals surface area contributed by atoms with Gasteiger partial charge in [-0.3, -0.25) is 4.99 Å². The molecule has 0 aromatic heterocycles. The van der Waals surface area contributed by atoms with Crippen LogP contribution in [0.2, 0.25) is 0 Å². The molecule has 0 saturated carbocycles. The molecule has 0 radical (unpaired) electrons. The number of hydrogen-bond acceptors (Lipinski definition) is 2. The van der Waals surface area contributed by atoms with E-state index in [2.05, 4.69) is 31.1 Å². The van der Waals surface area contributed by atoms with Crippen LogP contribution in [0, 0.1) is 5.92 Å². The van der Waals surface area contributed by atoms with Crippen molar-refractivity contribution in [1.82, 2.24) is 5.32 Å². The highest BCUT2D eigenvalue weighted by atomic mass is 32.2. The van der Waals surface area contributed by atoms with Gasteiger partial charge in [-0.2, -0.15) is 0 Å². The smallest absolute Gasteiger partial charge is 0.156 e. The SMILES string of the molecule is CCC1CCSC(=NCCC(C)C)N1. The van der Waals surface area contributed by atoms with Crippen molar-refractivity contribution in [2.75, 3.05) is 12.3 Å². The van der Waals surface area contributed by atoms with Crippen molar-refractivity contribution in [2.45, 2.75) is 46.1 Å². The van der Waals surface area contributed by atoms with Crippen molar-refractivity contribution in [3.05, 3.63) is 0 Å². The zero-order valence-electron chi connectivity index (χ0n) is 9.55. The molecule has 1 aliphatic heterocycles. The zero-order valence-corrected chi connectivity index (χ0v) is 10.4. The van der Waals surface area contributed by atoms with Gasteiger partial charge in [-0.15, -0.1) is 0 Å². The van der Waals surface area contributed by atoms with Gasteiger partial charge < -0.3 is 5.32 Å². The molecule has 0 spiro atoms. The molecule has 1 saturated heterocycles. The van der Waals surface area contributed by atoms with Crippen molar-refractivity contribution >= 4 is 16.9 Å². The Kier molecular flexibility index (Phi) is 5.38. The number of thioether (sulfide) groups is 1. The second kappa shape index (κ2) is 6.33. The molecule has 0 amide bonds. The van der Waals surface area contributed by atoms with Crippen molar-refractivity contribution in [3.8, 4) is 0 Å². The second-order valence-electron chi connectivity index (χ2n) is 4.26. The molecular weight excluding hydrogens is 192 g/mol. The minimum Gasteiger partial charge on any atom is -0.362 e. The van der Waals surface area contributed by atoms with Crippen LogP contribution in [-0.4, -0.2) is 23.5 Å². The number of hydrogen-bond donors (Lipinski definition) is 1. The largest absolute Gasteiger partial charge is 0.362 e. The van der Waals surface area contributed by atoms with E-state index >= 15 is 0 Å². The van der Waals surface area contributed by atoms with Crippen molar-refractivity contribution < 1.29 is 0 Å². The molecule has 0 aromatic rings. The summed E-state index contributed by atoms with van der Waals surface area (Å²) in [5, 5.41) is 4.66. The Hall–Kier alpha value is -0.180. The summed E-state index contributed by atoms with van der Waals surface area (Å²) in [5.41, 5.74) is 0. The maximum absolute atomic E-state index is 4.59. The van der Waals surface area contributed by atoms with E-state index < -0.39 is 0 Å². The molecule has 1 aliphatic rings. The van der Waals surface area contributed by atoms with Crippen LogP contribution >= 0.6 is 11.8 Å². The average molecular weight is 214 g/mol. The summed E-state index contributed by atoms with van der Waals surface area (Å²) < 4.78 is 0. The lowest BCUT2D eigenvalue weighted by Crippen LogP contribution is -2.37. The van der Waals surface area contributed by atoms with Crippen LogP contribution in [0.1, 0.15) is 40.0 Å². The van der Waals surface area contributed by atoms with Crippen LogP contribution in [0.25, 0.3) is 0 Å². The minimum atomic E-state index is 0.661. The number of aliphatic imine (C=N–C) groups is 1. The van der Waals surface area contributed by atoms with Gasteiger partial charge in [-0.1, -0.05) is 32.5 Å². The Labute approximate surface area is 92.0 Å².